The van der Waals surface area contributed by atoms with Gasteiger partial charge in [0.2, 0.25) is 0 Å². The summed E-state index contributed by atoms with van der Waals surface area (Å²) in [6.07, 6.45) is 0. The highest BCUT2D eigenvalue weighted by Gasteiger charge is 2.14. The van der Waals surface area contributed by atoms with Crippen molar-refractivity contribution in [2.75, 3.05) is 12.3 Å². The molecule has 8 heteroatoms. The SMILES string of the molecule is Cc1cccc(C(=O)OCC(=O)NNC(=O)c2ccc(Cl)cc2)c1N. The number of aryl methyl sites for hydroxylation is 1. The van der Waals surface area contributed by atoms with Crippen LogP contribution in [-0.2, 0) is 9.53 Å². The second-order valence-electron chi connectivity index (χ2n) is 5.12. The fourth-order valence-corrected chi connectivity index (χ4v) is 2.03. The lowest BCUT2D eigenvalue weighted by atomic mass is 10.1. The number of esters is 1. The van der Waals surface area contributed by atoms with Crippen LogP contribution >= 0.6 is 11.6 Å². The van der Waals surface area contributed by atoms with E-state index >= 15 is 0 Å². The standard InChI is InChI=1S/C17H16ClN3O4/c1-10-3-2-4-13(15(10)19)17(24)25-9-14(22)20-21-16(23)11-5-7-12(18)8-6-11/h2-8H,9,19H2,1H3,(H,20,22)(H,21,23). The molecule has 0 spiro atoms. The van der Waals surface area contributed by atoms with E-state index in [2.05, 4.69) is 10.9 Å². The van der Waals surface area contributed by atoms with Crippen LogP contribution in [0.3, 0.4) is 0 Å². The zero-order chi connectivity index (χ0) is 18.4. The average Bonchev–Trinajstić information content (AvgIpc) is 2.60. The van der Waals surface area contributed by atoms with Crippen LogP contribution in [0.1, 0.15) is 26.3 Å². The largest absolute Gasteiger partial charge is 0.452 e. The maximum absolute atomic E-state index is 11.9. The molecule has 25 heavy (non-hydrogen) atoms. The first kappa shape index (κ1) is 18.3. The van der Waals surface area contributed by atoms with Crippen molar-refractivity contribution in [1.82, 2.24) is 10.9 Å². The first-order valence-corrected chi connectivity index (χ1v) is 7.63. The van der Waals surface area contributed by atoms with E-state index in [1.54, 1.807) is 31.2 Å². The number of hydrogen-bond donors (Lipinski definition) is 3. The van der Waals surface area contributed by atoms with Crippen LogP contribution in [0.2, 0.25) is 5.02 Å². The van der Waals surface area contributed by atoms with Gasteiger partial charge in [0, 0.05) is 16.3 Å². The first-order chi connectivity index (χ1) is 11.9. The lowest BCUT2D eigenvalue weighted by Gasteiger charge is -2.10. The van der Waals surface area contributed by atoms with Crippen LogP contribution in [0, 0.1) is 6.92 Å². The van der Waals surface area contributed by atoms with Crippen molar-refractivity contribution in [1.29, 1.82) is 0 Å². The Balaban J connectivity index is 1.82. The minimum absolute atomic E-state index is 0.179. The topological polar surface area (TPSA) is 111 Å². The number of nitrogens with one attached hydrogen (secondary N) is 2. The second kappa shape index (κ2) is 8.16. The number of hydrogen-bond acceptors (Lipinski definition) is 5. The van der Waals surface area contributed by atoms with Crippen LogP contribution < -0.4 is 16.6 Å². The number of hydrazine groups is 1. The van der Waals surface area contributed by atoms with Gasteiger partial charge in [-0.1, -0.05) is 23.7 Å². The minimum atomic E-state index is -0.722. The summed E-state index contributed by atoms with van der Waals surface area (Å²) >= 11 is 5.73. The van der Waals surface area contributed by atoms with E-state index in [9.17, 15) is 14.4 Å². The molecule has 0 heterocycles. The monoisotopic (exact) mass is 361 g/mol. The Labute approximate surface area is 149 Å². The number of anilines is 1. The molecule has 130 valence electrons. The summed E-state index contributed by atoms with van der Waals surface area (Å²) in [5, 5.41) is 0.489. The van der Waals surface area contributed by atoms with Crippen LogP contribution in [0.25, 0.3) is 0 Å². The third-order valence-corrected chi connectivity index (χ3v) is 3.55. The smallest absolute Gasteiger partial charge is 0.340 e. The summed E-state index contributed by atoms with van der Waals surface area (Å²) in [7, 11) is 0. The average molecular weight is 362 g/mol. The number of halogens is 1. The number of carbonyl (C=O) groups excluding carboxylic acids is 3. The molecular formula is C17H16ClN3O4. The van der Waals surface area contributed by atoms with Gasteiger partial charge >= 0.3 is 5.97 Å². The van der Waals surface area contributed by atoms with Crippen molar-refractivity contribution in [3.8, 4) is 0 Å². The fourth-order valence-electron chi connectivity index (χ4n) is 1.90. The molecule has 2 aromatic carbocycles. The lowest BCUT2D eigenvalue weighted by molar-refractivity contribution is -0.125. The summed E-state index contributed by atoms with van der Waals surface area (Å²) in [6, 6.07) is 11.0. The Kier molecular flexibility index (Phi) is 5.97. The van der Waals surface area contributed by atoms with Crippen LogP contribution in [0.5, 0.6) is 0 Å². The fraction of sp³-hybridized carbons (Fsp3) is 0.118. The summed E-state index contributed by atoms with van der Waals surface area (Å²) in [4.78, 5) is 35.4. The van der Waals surface area contributed by atoms with Crippen LogP contribution in [0.15, 0.2) is 42.5 Å². The zero-order valence-electron chi connectivity index (χ0n) is 13.3. The molecule has 2 amide bonds. The Hall–Kier alpha value is -3.06. The number of nitrogen functional groups attached to an aromatic ring is 1. The highest BCUT2D eigenvalue weighted by Crippen LogP contribution is 2.17. The van der Waals surface area contributed by atoms with Crippen molar-refractivity contribution in [3.05, 3.63) is 64.2 Å². The van der Waals surface area contributed by atoms with Gasteiger partial charge in [0.1, 0.15) is 0 Å². The van der Waals surface area contributed by atoms with Crippen molar-refractivity contribution >= 4 is 35.1 Å². The molecule has 0 aliphatic rings. The Bertz CT molecular complexity index is 806. The summed E-state index contributed by atoms with van der Waals surface area (Å²) in [5.74, 6) is -1.94. The number of ether oxygens (including phenoxy) is 1. The Morgan fingerprint density at radius 1 is 1.08 bits per heavy atom. The molecule has 0 atom stereocenters. The molecule has 0 unspecified atom stereocenters. The van der Waals surface area contributed by atoms with Crippen molar-refractivity contribution in [2.24, 2.45) is 0 Å². The maximum atomic E-state index is 11.9. The van der Waals surface area contributed by atoms with Gasteiger partial charge in [-0.25, -0.2) is 4.79 Å². The van der Waals surface area contributed by atoms with Crippen LogP contribution in [-0.4, -0.2) is 24.4 Å². The zero-order valence-corrected chi connectivity index (χ0v) is 14.1. The quantitative estimate of drug-likeness (QED) is 0.437. The highest BCUT2D eigenvalue weighted by molar-refractivity contribution is 6.30. The number of carbonyl (C=O) groups is 3. The normalized spacial score (nSPS) is 10.0. The third kappa shape index (κ3) is 4.95. The molecule has 0 aliphatic heterocycles. The third-order valence-electron chi connectivity index (χ3n) is 3.30. The molecule has 7 nitrogen and oxygen atoms in total. The van der Waals surface area contributed by atoms with E-state index in [0.29, 0.717) is 16.3 Å². The van der Waals surface area contributed by atoms with E-state index in [1.165, 1.54) is 18.2 Å². The molecule has 2 rings (SSSR count). The summed E-state index contributed by atoms with van der Waals surface area (Å²) in [5.41, 5.74) is 11.7. The Morgan fingerprint density at radius 2 is 1.76 bits per heavy atom. The van der Waals surface area contributed by atoms with Gasteiger partial charge in [0.25, 0.3) is 11.8 Å². The van der Waals surface area contributed by atoms with Gasteiger partial charge in [0.05, 0.1) is 5.56 Å². The Morgan fingerprint density at radius 3 is 2.44 bits per heavy atom. The molecule has 0 saturated carbocycles. The lowest BCUT2D eigenvalue weighted by Crippen LogP contribution is -2.43. The molecule has 0 bridgehead atoms. The van der Waals surface area contributed by atoms with Crippen LogP contribution in [0.4, 0.5) is 5.69 Å². The molecule has 0 fully saturated rings. The van der Waals surface area contributed by atoms with E-state index in [4.69, 9.17) is 22.1 Å². The molecule has 2 aromatic rings. The first-order valence-electron chi connectivity index (χ1n) is 7.25. The number of benzene rings is 2. The van der Waals surface area contributed by atoms with Gasteiger partial charge < -0.3 is 10.5 Å². The predicted octanol–water partition coefficient (Wildman–Crippen LogP) is 1.85. The second-order valence-corrected chi connectivity index (χ2v) is 5.56. The van der Waals surface area contributed by atoms with Crippen molar-refractivity contribution in [3.63, 3.8) is 0 Å². The van der Waals surface area contributed by atoms with Gasteiger partial charge in [-0.15, -0.1) is 0 Å². The molecular weight excluding hydrogens is 346 g/mol. The van der Waals surface area contributed by atoms with E-state index in [1.807, 2.05) is 0 Å². The molecule has 0 aliphatic carbocycles. The van der Waals surface area contributed by atoms with Gasteiger partial charge in [0.15, 0.2) is 6.61 Å². The predicted molar refractivity (Wildman–Crippen MR) is 92.9 cm³/mol. The number of para-hydroxylation sites is 1. The number of rotatable bonds is 4. The molecule has 4 N–H and O–H groups in total. The number of nitrogens with two attached hydrogens (primary N) is 1. The van der Waals surface area contributed by atoms with Gasteiger partial charge in [-0.3, -0.25) is 20.4 Å². The van der Waals surface area contributed by atoms with Gasteiger partial charge in [-0.2, -0.15) is 0 Å². The maximum Gasteiger partial charge on any atom is 0.340 e. The minimum Gasteiger partial charge on any atom is -0.452 e. The molecule has 0 saturated heterocycles. The summed E-state index contributed by atoms with van der Waals surface area (Å²) < 4.78 is 4.88. The molecule has 0 radical (unpaired) electrons. The highest BCUT2D eigenvalue weighted by atomic mass is 35.5. The van der Waals surface area contributed by atoms with Crippen molar-refractivity contribution < 1.29 is 19.1 Å². The van der Waals surface area contributed by atoms with Gasteiger partial charge in [-0.05, 0) is 42.8 Å². The van der Waals surface area contributed by atoms with E-state index < -0.39 is 24.4 Å². The number of amides is 2. The summed E-state index contributed by atoms with van der Waals surface area (Å²) in [6.45, 7) is 1.19. The van der Waals surface area contributed by atoms with Crippen molar-refractivity contribution in [2.45, 2.75) is 6.92 Å². The van der Waals surface area contributed by atoms with E-state index in [0.717, 1.165) is 5.56 Å². The molecule has 0 aromatic heterocycles. The van der Waals surface area contributed by atoms with E-state index in [-0.39, 0.29) is 5.56 Å².